The van der Waals surface area contributed by atoms with Crippen LogP contribution in [0.4, 0.5) is 11.4 Å². The lowest BCUT2D eigenvalue weighted by Gasteiger charge is -2.16. The molecule has 1 heterocycles. The van der Waals surface area contributed by atoms with Gasteiger partial charge in [-0.2, -0.15) is 0 Å². The number of benzene rings is 2. The third-order valence-electron chi connectivity index (χ3n) is 4.70. The molecule has 9 nitrogen and oxygen atoms in total. The molecule has 0 bridgehead atoms. The largest absolute Gasteiger partial charge is 0.481 e. The summed E-state index contributed by atoms with van der Waals surface area (Å²) in [6.45, 7) is 5.33. The van der Waals surface area contributed by atoms with Crippen LogP contribution in [0.5, 0.6) is 5.75 Å². The first kappa shape index (κ1) is 22.8. The van der Waals surface area contributed by atoms with Gasteiger partial charge in [-0.15, -0.1) is 0 Å². The molecule has 32 heavy (non-hydrogen) atoms. The minimum absolute atomic E-state index is 0.0447. The summed E-state index contributed by atoms with van der Waals surface area (Å²) in [4.78, 5) is 35.1. The number of non-ortho nitro benzene ring substituents is 1. The summed E-state index contributed by atoms with van der Waals surface area (Å²) < 4.78 is 7.33. The number of amides is 2. The lowest BCUT2D eigenvalue weighted by Crippen LogP contribution is -2.30. The number of nitrogens with one attached hydrogen (secondary N) is 2. The number of aryl methyl sites for hydroxylation is 2. The number of hydrogen-bond acceptors (Lipinski definition) is 5. The second-order valence-corrected chi connectivity index (χ2v) is 7.49. The molecule has 0 saturated carbocycles. The van der Waals surface area contributed by atoms with Gasteiger partial charge >= 0.3 is 0 Å². The highest BCUT2D eigenvalue weighted by Gasteiger charge is 2.18. The van der Waals surface area contributed by atoms with Gasteiger partial charge in [-0.25, -0.2) is 0 Å². The van der Waals surface area contributed by atoms with E-state index in [9.17, 15) is 19.7 Å². The molecule has 0 fully saturated rings. The molecule has 0 saturated heterocycles. The fourth-order valence-corrected chi connectivity index (χ4v) is 3.13. The van der Waals surface area contributed by atoms with Gasteiger partial charge in [-0.1, -0.05) is 11.6 Å². The predicted molar refractivity (Wildman–Crippen MR) is 121 cm³/mol. The smallest absolute Gasteiger partial charge is 0.271 e. The molecular formula is C22H21ClN4O5. The average molecular weight is 457 g/mol. The number of halogens is 1. The first-order chi connectivity index (χ1) is 15.2. The van der Waals surface area contributed by atoms with Crippen molar-refractivity contribution in [2.24, 2.45) is 0 Å². The van der Waals surface area contributed by atoms with Crippen LogP contribution in [-0.2, 0) is 4.79 Å². The number of nitro groups is 1. The summed E-state index contributed by atoms with van der Waals surface area (Å²) in [5.74, 6) is -0.369. The number of rotatable bonds is 7. The van der Waals surface area contributed by atoms with Crippen molar-refractivity contribution in [3.05, 3.63) is 86.7 Å². The minimum atomic E-state index is -0.883. The predicted octanol–water partition coefficient (Wildman–Crippen LogP) is 4.46. The Balaban J connectivity index is 1.60. The molecule has 2 N–H and O–H groups in total. The molecule has 0 radical (unpaired) electrons. The Bertz CT molecular complexity index is 1150. The van der Waals surface area contributed by atoms with Gasteiger partial charge in [0.15, 0.2) is 6.10 Å². The highest BCUT2D eigenvalue weighted by atomic mass is 35.5. The van der Waals surface area contributed by atoms with E-state index < -0.39 is 16.9 Å². The van der Waals surface area contributed by atoms with Crippen LogP contribution in [0, 0.1) is 24.0 Å². The van der Waals surface area contributed by atoms with E-state index in [0.29, 0.717) is 11.3 Å². The second-order valence-electron chi connectivity index (χ2n) is 7.09. The number of ether oxygens (including phenoxy) is 1. The quantitative estimate of drug-likeness (QED) is 0.402. The molecule has 0 aliphatic heterocycles. The van der Waals surface area contributed by atoms with E-state index in [1.165, 1.54) is 12.1 Å². The molecule has 0 aliphatic carbocycles. The zero-order valence-corrected chi connectivity index (χ0v) is 18.3. The summed E-state index contributed by atoms with van der Waals surface area (Å²) in [6.07, 6.45) is -0.883. The highest BCUT2D eigenvalue weighted by Crippen LogP contribution is 2.27. The van der Waals surface area contributed by atoms with Crippen LogP contribution >= 0.6 is 11.6 Å². The fraction of sp³-hybridized carbons (Fsp3) is 0.182. The Morgan fingerprint density at radius 3 is 2.25 bits per heavy atom. The summed E-state index contributed by atoms with van der Waals surface area (Å²) in [5.41, 5.74) is 5.12. The molecule has 3 aromatic rings. The van der Waals surface area contributed by atoms with Crippen LogP contribution < -0.4 is 15.5 Å². The van der Waals surface area contributed by atoms with Crippen molar-refractivity contribution in [1.82, 2.24) is 4.68 Å². The van der Waals surface area contributed by atoms with E-state index in [2.05, 4.69) is 10.7 Å². The minimum Gasteiger partial charge on any atom is -0.481 e. The monoisotopic (exact) mass is 456 g/mol. The normalized spacial score (nSPS) is 11.5. The van der Waals surface area contributed by atoms with Crippen molar-refractivity contribution in [2.75, 3.05) is 10.7 Å². The van der Waals surface area contributed by atoms with Gasteiger partial charge in [0.05, 0.1) is 15.6 Å². The van der Waals surface area contributed by atoms with Gasteiger partial charge in [0.2, 0.25) is 0 Å². The summed E-state index contributed by atoms with van der Waals surface area (Å²) in [5, 5.41) is 13.4. The van der Waals surface area contributed by atoms with Gasteiger partial charge in [-0.05, 0) is 63.2 Å². The maximum absolute atomic E-state index is 12.5. The Kier molecular flexibility index (Phi) is 6.79. The van der Waals surface area contributed by atoms with Crippen molar-refractivity contribution >= 4 is 34.8 Å². The highest BCUT2D eigenvalue weighted by molar-refractivity contribution is 6.34. The van der Waals surface area contributed by atoms with Crippen LogP contribution in [0.3, 0.4) is 0 Å². The van der Waals surface area contributed by atoms with E-state index in [-0.39, 0.29) is 22.3 Å². The van der Waals surface area contributed by atoms with Crippen LogP contribution in [0.2, 0.25) is 5.02 Å². The summed E-state index contributed by atoms with van der Waals surface area (Å²) in [7, 11) is 0. The van der Waals surface area contributed by atoms with Gasteiger partial charge in [0.1, 0.15) is 5.75 Å². The van der Waals surface area contributed by atoms with Crippen LogP contribution in [-0.4, -0.2) is 27.5 Å². The number of anilines is 1. The standard InChI is InChI=1S/C22H21ClN4O5/c1-13-4-5-14(2)26(13)25-22(29)16-6-9-18(10-7-16)32-15(3)21(28)24-20-11-8-17(27(30)31)12-19(20)23/h4-12,15H,1-3H3,(H,24,28)(H,25,29)/t15-/m1/s1. The van der Waals surface area contributed by atoms with E-state index in [0.717, 1.165) is 17.5 Å². The first-order valence-corrected chi connectivity index (χ1v) is 10.0. The van der Waals surface area contributed by atoms with Crippen molar-refractivity contribution in [3.63, 3.8) is 0 Å². The molecule has 0 spiro atoms. The number of carbonyl (C=O) groups excluding carboxylic acids is 2. The van der Waals surface area contributed by atoms with Gasteiger partial charge in [0, 0.05) is 29.1 Å². The van der Waals surface area contributed by atoms with Crippen LogP contribution in [0.1, 0.15) is 28.7 Å². The molecule has 1 atom stereocenters. The van der Waals surface area contributed by atoms with Crippen molar-refractivity contribution in [3.8, 4) is 5.75 Å². The molecule has 0 unspecified atom stereocenters. The van der Waals surface area contributed by atoms with Crippen LogP contribution in [0.15, 0.2) is 54.6 Å². The number of nitrogens with zero attached hydrogens (tertiary/aromatic N) is 2. The topological polar surface area (TPSA) is 116 Å². The Hall–Kier alpha value is -3.85. The summed E-state index contributed by atoms with van der Waals surface area (Å²) >= 11 is 6.00. The van der Waals surface area contributed by atoms with E-state index in [1.807, 2.05) is 26.0 Å². The Labute approximate surface area is 189 Å². The Morgan fingerprint density at radius 1 is 1.06 bits per heavy atom. The number of hydrogen-bond donors (Lipinski definition) is 2. The zero-order valence-electron chi connectivity index (χ0n) is 17.6. The van der Waals surface area contributed by atoms with Crippen molar-refractivity contribution in [2.45, 2.75) is 26.9 Å². The van der Waals surface area contributed by atoms with Gasteiger partial charge in [-0.3, -0.25) is 29.8 Å². The SMILES string of the molecule is Cc1ccc(C)n1NC(=O)c1ccc(O[C@H](C)C(=O)Nc2ccc([N+](=O)[O-])cc2Cl)cc1. The van der Waals surface area contributed by atoms with Crippen LogP contribution in [0.25, 0.3) is 0 Å². The molecule has 3 rings (SSSR count). The van der Waals surface area contributed by atoms with Gasteiger partial charge in [0.25, 0.3) is 17.5 Å². The van der Waals surface area contributed by atoms with Crippen molar-refractivity contribution < 1.29 is 19.2 Å². The third kappa shape index (κ3) is 5.25. The second kappa shape index (κ2) is 9.52. The van der Waals surface area contributed by atoms with E-state index in [1.54, 1.807) is 35.9 Å². The molecule has 1 aromatic heterocycles. The lowest BCUT2D eigenvalue weighted by atomic mass is 10.2. The number of aromatic nitrogens is 1. The van der Waals surface area contributed by atoms with Crippen molar-refractivity contribution in [1.29, 1.82) is 0 Å². The van der Waals surface area contributed by atoms with E-state index in [4.69, 9.17) is 16.3 Å². The Morgan fingerprint density at radius 2 is 1.69 bits per heavy atom. The average Bonchev–Trinajstić information content (AvgIpc) is 3.07. The maximum atomic E-state index is 12.5. The first-order valence-electron chi connectivity index (χ1n) is 9.63. The fourth-order valence-electron chi connectivity index (χ4n) is 2.91. The number of carbonyl (C=O) groups is 2. The molecule has 166 valence electrons. The molecular weight excluding hydrogens is 436 g/mol. The van der Waals surface area contributed by atoms with E-state index >= 15 is 0 Å². The molecule has 10 heteroatoms. The maximum Gasteiger partial charge on any atom is 0.271 e. The summed E-state index contributed by atoms with van der Waals surface area (Å²) in [6, 6.07) is 13.9. The lowest BCUT2D eigenvalue weighted by molar-refractivity contribution is -0.384. The zero-order chi connectivity index (χ0) is 23.4. The molecule has 2 aromatic carbocycles. The van der Waals surface area contributed by atoms with Gasteiger partial charge < -0.3 is 10.1 Å². The third-order valence-corrected chi connectivity index (χ3v) is 5.02. The molecule has 2 amide bonds. The number of nitro benzene ring substituents is 1. The molecule has 0 aliphatic rings.